The molecule has 2 rings (SSSR count). The average Bonchev–Trinajstić information content (AvgIpc) is 2.37. The minimum absolute atomic E-state index is 0.143. The average molecular weight is 264 g/mol. The van der Waals surface area contributed by atoms with Gasteiger partial charge in [-0.1, -0.05) is 0 Å². The van der Waals surface area contributed by atoms with E-state index in [1.54, 1.807) is 12.1 Å². The lowest BCUT2D eigenvalue weighted by Gasteiger charge is -2.41. The molecular weight excluding hydrogens is 244 g/mol. The van der Waals surface area contributed by atoms with E-state index < -0.39 is 0 Å². The molecule has 1 heterocycles. The lowest BCUT2D eigenvalue weighted by molar-refractivity contribution is -0.384. The molecule has 1 fully saturated rings. The summed E-state index contributed by atoms with van der Waals surface area (Å²) in [5.74, 6) is 0. The van der Waals surface area contributed by atoms with Gasteiger partial charge in [0.25, 0.3) is 5.69 Å². The fraction of sp³-hybridized carbons (Fsp3) is 0.538. The Morgan fingerprint density at radius 1 is 1.42 bits per heavy atom. The molecule has 0 spiro atoms. The minimum Gasteiger partial charge on any atom is -0.364 e. The molecule has 1 aliphatic rings. The normalized spacial score (nSPS) is 20.6. The Kier molecular flexibility index (Phi) is 4.01. The number of piperazine rings is 1. The van der Waals surface area contributed by atoms with Crippen LogP contribution in [0.15, 0.2) is 18.2 Å². The van der Waals surface area contributed by atoms with Gasteiger partial charge in [-0.3, -0.25) is 10.1 Å². The topological polar surface area (TPSA) is 75.6 Å². The third-order valence-corrected chi connectivity index (χ3v) is 3.55. The SMILES string of the molecule is Cc1cc(N2CCN(C)CC2CN)cc([N+](=O)[O-])c1. The van der Waals surface area contributed by atoms with E-state index in [0.717, 1.165) is 30.9 Å². The highest BCUT2D eigenvalue weighted by Gasteiger charge is 2.25. The maximum absolute atomic E-state index is 10.9. The molecule has 1 saturated heterocycles. The van der Waals surface area contributed by atoms with Gasteiger partial charge in [-0.2, -0.15) is 0 Å². The molecule has 0 aliphatic carbocycles. The second-order valence-corrected chi connectivity index (χ2v) is 5.13. The van der Waals surface area contributed by atoms with Crippen molar-refractivity contribution in [3.63, 3.8) is 0 Å². The van der Waals surface area contributed by atoms with Crippen LogP contribution in [-0.2, 0) is 0 Å². The number of benzene rings is 1. The van der Waals surface area contributed by atoms with Crippen LogP contribution in [0.4, 0.5) is 11.4 Å². The number of hydrogen-bond acceptors (Lipinski definition) is 5. The molecule has 19 heavy (non-hydrogen) atoms. The van der Waals surface area contributed by atoms with E-state index in [1.807, 2.05) is 13.0 Å². The molecule has 1 aromatic rings. The molecule has 1 aliphatic heterocycles. The van der Waals surface area contributed by atoms with Gasteiger partial charge >= 0.3 is 0 Å². The van der Waals surface area contributed by atoms with Gasteiger partial charge in [-0.25, -0.2) is 0 Å². The van der Waals surface area contributed by atoms with E-state index in [4.69, 9.17) is 5.73 Å². The standard InChI is InChI=1S/C13H20N4O2/c1-10-5-11(7-12(6-10)17(18)19)16-4-3-15(2)9-13(16)8-14/h5-7,13H,3-4,8-9,14H2,1-2H3. The number of hydrogen-bond donors (Lipinski definition) is 1. The smallest absolute Gasteiger partial charge is 0.271 e. The largest absolute Gasteiger partial charge is 0.364 e. The Morgan fingerprint density at radius 3 is 2.79 bits per heavy atom. The molecule has 0 aromatic heterocycles. The first-order valence-electron chi connectivity index (χ1n) is 6.42. The van der Waals surface area contributed by atoms with Crippen molar-refractivity contribution in [3.8, 4) is 0 Å². The number of likely N-dealkylation sites (N-methyl/N-ethyl adjacent to an activating group) is 1. The zero-order valence-corrected chi connectivity index (χ0v) is 11.4. The van der Waals surface area contributed by atoms with E-state index in [0.29, 0.717) is 6.54 Å². The van der Waals surface area contributed by atoms with Crippen molar-refractivity contribution in [1.82, 2.24) is 4.90 Å². The first-order chi connectivity index (χ1) is 9.01. The molecule has 1 unspecified atom stereocenters. The number of nitro groups is 1. The Morgan fingerprint density at radius 2 is 2.16 bits per heavy atom. The first kappa shape index (κ1) is 13.8. The van der Waals surface area contributed by atoms with Crippen LogP contribution in [0, 0.1) is 17.0 Å². The van der Waals surface area contributed by atoms with Crippen molar-refractivity contribution < 1.29 is 4.92 Å². The van der Waals surface area contributed by atoms with Crippen molar-refractivity contribution in [2.45, 2.75) is 13.0 Å². The number of nitrogens with two attached hydrogens (primary N) is 1. The van der Waals surface area contributed by atoms with Crippen LogP contribution in [0.1, 0.15) is 5.56 Å². The minimum atomic E-state index is -0.343. The van der Waals surface area contributed by atoms with Gasteiger partial charge in [0.15, 0.2) is 0 Å². The quantitative estimate of drug-likeness (QED) is 0.650. The van der Waals surface area contributed by atoms with Gasteiger partial charge in [0, 0.05) is 44.0 Å². The Labute approximate surface area is 112 Å². The van der Waals surface area contributed by atoms with Gasteiger partial charge in [-0.15, -0.1) is 0 Å². The summed E-state index contributed by atoms with van der Waals surface area (Å²) in [5, 5.41) is 10.9. The maximum Gasteiger partial charge on any atom is 0.271 e. The van der Waals surface area contributed by atoms with Crippen molar-refractivity contribution in [1.29, 1.82) is 0 Å². The fourth-order valence-corrected chi connectivity index (χ4v) is 2.57. The van der Waals surface area contributed by atoms with E-state index in [-0.39, 0.29) is 16.7 Å². The number of nitro benzene ring substituents is 1. The van der Waals surface area contributed by atoms with Crippen LogP contribution in [0.5, 0.6) is 0 Å². The lowest BCUT2D eigenvalue weighted by Crippen LogP contribution is -2.55. The summed E-state index contributed by atoms with van der Waals surface area (Å²) in [5.41, 5.74) is 7.77. The molecule has 6 heteroatoms. The number of non-ortho nitro benzene ring substituents is 1. The molecular formula is C13H20N4O2. The summed E-state index contributed by atoms with van der Waals surface area (Å²) in [7, 11) is 2.07. The molecule has 2 N–H and O–H groups in total. The molecule has 104 valence electrons. The number of nitrogens with zero attached hydrogens (tertiary/aromatic N) is 3. The van der Waals surface area contributed by atoms with Crippen molar-refractivity contribution >= 4 is 11.4 Å². The zero-order valence-electron chi connectivity index (χ0n) is 11.4. The van der Waals surface area contributed by atoms with Crippen LogP contribution in [0.3, 0.4) is 0 Å². The second kappa shape index (κ2) is 5.54. The van der Waals surface area contributed by atoms with Gasteiger partial charge in [0.1, 0.15) is 0 Å². The van der Waals surface area contributed by atoms with Crippen molar-refractivity contribution in [2.24, 2.45) is 5.73 Å². The summed E-state index contributed by atoms with van der Waals surface area (Å²) in [6.07, 6.45) is 0. The molecule has 6 nitrogen and oxygen atoms in total. The van der Waals surface area contributed by atoms with E-state index in [9.17, 15) is 10.1 Å². The lowest BCUT2D eigenvalue weighted by atomic mass is 10.1. The van der Waals surface area contributed by atoms with Crippen LogP contribution in [0.2, 0.25) is 0 Å². The predicted molar refractivity (Wildman–Crippen MR) is 75.5 cm³/mol. The summed E-state index contributed by atoms with van der Waals surface area (Å²) >= 11 is 0. The van der Waals surface area contributed by atoms with Crippen LogP contribution >= 0.6 is 0 Å². The van der Waals surface area contributed by atoms with Gasteiger partial charge < -0.3 is 15.5 Å². The van der Waals surface area contributed by atoms with Gasteiger partial charge in [-0.05, 0) is 25.6 Å². The fourth-order valence-electron chi connectivity index (χ4n) is 2.57. The van der Waals surface area contributed by atoms with E-state index >= 15 is 0 Å². The highest BCUT2D eigenvalue weighted by molar-refractivity contribution is 5.56. The zero-order chi connectivity index (χ0) is 14.0. The van der Waals surface area contributed by atoms with Gasteiger partial charge in [0.2, 0.25) is 0 Å². The third kappa shape index (κ3) is 3.02. The first-order valence-corrected chi connectivity index (χ1v) is 6.42. The summed E-state index contributed by atoms with van der Waals surface area (Å²) in [4.78, 5) is 15.0. The number of aryl methyl sites for hydroxylation is 1. The van der Waals surface area contributed by atoms with E-state index in [2.05, 4.69) is 16.8 Å². The molecule has 0 radical (unpaired) electrons. The molecule has 0 saturated carbocycles. The van der Waals surface area contributed by atoms with Crippen molar-refractivity contribution in [2.75, 3.05) is 38.1 Å². The van der Waals surface area contributed by atoms with Crippen LogP contribution in [-0.4, -0.2) is 49.1 Å². The Balaban J connectivity index is 2.32. The van der Waals surface area contributed by atoms with Crippen molar-refractivity contribution in [3.05, 3.63) is 33.9 Å². The monoisotopic (exact) mass is 264 g/mol. The predicted octanol–water partition coefficient (Wildman–Crippen LogP) is 0.982. The molecule has 1 aromatic carbocycles. The third-order valence-electron chi connectivity index (χ3n) is 3.55. The second-order valence-electron chi connectivity index (χ2n) is 5.13. The summed E-state index contributed by atoms with van der Waals surface area (Å²) in [6.45, 7) is 5.10. The highest BCUT2D eigenvalue weighted by Crippen LogP contribution is 2.26. The number of anilines is 1. The molecule has 0 amide bonds. The summed E-state index contributed by atoms with van der Waals surface area (Å²) < 4.78 is 0. The molecule has 1 atom stereocenters. The van der Waals surface area contributed by atoms with Gasteiger partial charge in [0.05, 0.1) is 11.0 Å². The summed E-state index contributed by atoms with van der Waals surface area (Å²) in [6, 6.07) is 5.43. The number of rotatable bonds is 3. The van der Waals surface area contributed by atoms with E-state index in [1.165, 1.54) is 0 Å². The molecule has 0 bridgehead atoms. The van der Waals surface area contributed by atoms with Crippen LogP contribution < -0.4 is 10.6 Å². The highest BCUT2D eigenvalue weighted by atomic mass is 16.6. The Hall–Kier alpha value is -1.66. The van der Waals surface area contributed by atoms with Crippen LogP contribution in [0.25, 0.3) is 0 Å². The Bertz CT molecular complexity index is 478. The maximum atomic E-state index is 10.9.